The van der Waals surface area contributed by atoms with Crippen LogP contribution in [-0.4, -0.2) is 5.91 Å². The van der Waals surface area contributed by atoms with Crippen LogP contribution in [0.2, 0.25) is 0 Å². The van der Waals surface area contributed by atoms with Crippen LogP contribution in [0.3, 0.4) is 0 Å². The summed E-state index contributed by atoms with van der Waals surface area (Å²) in [6.45, 7) is 0. The number of hydrogen-bond donors (Lipinski definition) is 1. The summed E-state index contributed by atoms with van der Waals surface area (Å²) in [7, 11) is 0. The molecule has 0 aliphatic carbocycles. The fourth-order valence-electron chi connectivity index (χ4n) is 0.568. The van der Waals surface area contributed by atoms with Gasteiger partial charge in [-0.2, -0.15) is 0 Å². The topological polar surface area (TPSA) is 43.1 Å². The highest BCUT2D eigenvalue weighted by Gasteiger charge is 1.86. The summed E-state index contributed by atoms with van der Waals surface area (Å²) >= 11 is 1.55. The second kappa shape index (κ2) is 3.79. The Morgan fingerprint density at radius 3 is 3.09 bits per heavy atom. The molecule has 56 valence electrons. The number of thiophene rings is 1. The third-order valence-electron chi connectivity index (χ3n) is 0.995. The van der Waals surface area contributed by atoms with Crippen molar-refractivity contribution in [3.8, 4) is 11.8 Å². The fourth-order valence-corrected chi connectivity index (χ4v) is 1.16. The van der Waals surface area contributed by atoms with Crippen molar-refractivity contribution in [2.75, 3.05) is 0 Å². The monoisotopic (exact) mass is 165 g/mol. The van der Waals surface area contributed by atoms with Gasteiger partial charge in [-0.3, -0.25) is 4.79 Å². The maximum absolute atomic E-state index is 10.3. The van der Waals surface area contributed by atoms with Crippen LogP contribution in [-0.2, 0) is 4.79 Å². The molecule has 1 aromatic rings. The van der Waals surface area contributed by atoms with Gasteiger partial charge >= 0.3 is 0 Å². The second-order valence-corrected chi connectivity index (χ2v) is 2.87. The molecule has 0 aromatic carbocycles. The Hall–Kier alpha value is -1.27. The molecule has 0 radical (unpaired) electrons. The Balaban J connectivity index is 2.52. The molecule has 11 heavy (non-hydrogen) atoms. The van der Waals surface area contributed by atoms with Crippen molar-refractivity contribution in [2.24, 2.45) is 5.73 Å². The minimum Gasteiger partial charge on any atom is -0.369 e. The highest BCUT2D eigenvalue weighted by Crippen LogP contribution is 2.05. The van der Waals surface area contributed by atoms with Gasteiger partial charge in [-0.1, -0.05) is 17.9 Å². The summed E-state index contributed by atoms with van der Waals surface area (Å²) in [5, 5.41) is 1.94. The maximum Gasteiger partial charge on any atom is 0.229 e. The Morgan fingerprint density at radius 2 is 2.55 bits per heavy atom. The summed E-state index contributed by atoms with van der Waals surface area (Å²) in [5.74, 6) is 5.12. The molecule has 0 saturated heterocycles. The Bertz CT molecular complexity index is 292. The fraction of sp³-hybridized carbons (Fsp3) is 0.125. The van der Waals surface area contributed by atoms with Gasteiger partial charge in [-0.05, 0) is 11.4 Å². The molecule has 0 spiro atoms. The first-order valence-corrected chi connectivity index (χ1v) is 3.97. The molecule has 2 N–H and O–H groups in total. The molecule has 3 heteroatoms. The molecule has 0 bridgehead atoms. The van der Waals surface area contributed by atoms with E-state index in [1.165, 1.54) is 0 Å². The first-order valence-electron chi connectivity index (χ1n) is 3.10. The number of rotatable bonds is 1. The van der Waals surface area contributed by atoms with Gasteiger partial charge in [-0.25, -0.2) is 0 Å². The largest absolute Gasteiger partial charge is 0.369 e. The number of nitrogens with two attached hydrogens (primary N) is 1. The van der Waals surface area contributed by atoms with E-state index in [1.807, 2.05) is 17.5 Å². The third kappa shape index (κ3) is 2.87. The summed E-state index contributed by atoms with van der Waals surface area (Å²) in [6.07, 6.45) is 0.137. The average molecular weight is 165 g/mol. The second-order valence-electron chi connectivity index (χ2n) is 1.92. The van der Waals surface area contributed by atoms with E-state index in [2.05, 4.69) is 11.8 Å². The van der Waals surface area contributed by atoms with Gasteiger partial charge in [-0.15, -0.1) is 11.3 Å². The molecule has 1 heterocycles. The molecule has 0 saturated carbocycles. The first-order chi connectivity index (χ1) is 5.29. The van der Waals surface area contributed by atoms with Crippen LogP contribution < -0.4 is 5.73 Å². The summed E-state index contributed by atoms with van der Waals surface area (Å²) in [6, 6.07) is 3.82. The molecule has 0 fully saturated rings. The minimum absolute atomic E-state index is 0.137. The van der Waals surface area contributed by atoms with E-state index in [4.69, 9.17) is 5.73 Å². The molecule has 0 aliphatic rings. The smallest absolute Gasteiger partial charge is 0.229 e. The highest BCUT2D eigenvalue weighted by atomic mass is 32.1. The lowest BCUT2D eigenvalue weighted by Crippen LogP contribution is -2.08. The molecule has 0 unspecified atom stereocenters. The van der Waals surface area contributed by atoms with E-state index in [0.717, 1.165) is 4.88 Å². The normalized spacial score (nSPS) is 8.36. The van der Waals surface area contributed by atoms with E-state index >= 15 is 0 Å². The summed E-state index contributed by atoms with van der Waals surface area (Å²) < 4.78 is 0. The SMILES string of the molecule is NC(=O)CC#Cc1cccs1. The first kappa shape index (κ1) is 7.83. The number of hydrogen-bond acceptors (Lipinski definition) is 2. The van der Waals surface area contributed by atoms with Gasteiger partial charge in [0.2, 0.25) is 5.91 Å². The summed E-state index contributed by atoms with van der Waals surface area (Å²) in [4.78, 5) is 11.2. The lowest BCUT2D eigenvalue weighted by molar-refractivity contribution is -0.117. The van der Waals surface area contributed by atoms with Crippen molar-refractivity contribution in [1.82, 2.24) is 0 Å². The average Bonchev–Trinajstić information content (AvgIpc) is 2.39. The predicted octanol–water partition coefficient (Wildman–Crippen LogP) is 0.975. The van der Waals surface area contributed by atoms with Crippen molar-refractivity contribution in [3.05, 3.63) is 22.4 Å². The van der Waals surface area contributed by atoms with Gasteiger partial charge in [0.1, 0.15) is 0 Å². The van der Waals surface area contributed by atoms with Crippen LogP contribution in [0.5, 0.6) is 0 Å². The Kier molecular flexibility index (Phi) is 2.70. The Morgan fingerprint density at radius 1 is 1.73 bits per heavy atom. The van der Waals surface area contributed by atoms with Gasteiger partial charge in [0.25, 0.3) is 0 Å². The van der Waals surface area contributed by atoms with E-state index in [-0.39, 0.29) is 12.3 Å². The molecule has 2 nitrogen and oxygen atoms in total. The standard InChI is InChI=1S/C8H7NOS/c9-8(10)5-1-3-7-4-2-6-11-7/h2,4,6H,5H2,(H2,9,10). The van der Waals surface area contributed by atoms with Crippen LogP contribution in [0.15, 0.2) is 17.5 Å². The van der Waals surface area contributed by atoms with Crippen LogP contribution in [0.25, 0.3) is 0 Å². The van der Waals surface area contributed by atoms with Gasteiger partial charge < -0.3 is 5.73 Å². The number of carbonyl (C=O) groups excluding carboxylic acids is 1. The third-order valence-corrected chi connectivity index (χ3v) is 1.78. The molecular formula is C8H7NOS. The number of carbonyl (C=O) groups is 1. The van der Waals surface area contributed by atoms with Gasteiger partial charge in [0, 0.05) is 0 Å². The highest BCUT2D eigenvalue weighted by molar-refractivity contribution is 7.10. The van der Waals surface area contributed by atoms with Crippen LogP contribution in [0.1, 0.15) is 11.3 Å². The zero-order valence-electron chi connectivity index (χ0n) is 5.83. The molecular weight excluding hydrogens is 158 g/mol. The lowest BCUT2D eigenvalue weighted by atomic mass is 10.4. The van der Waals surface area contributed by atoms with Gasteiger partial charge in [0.05, 0.1) is 11.3 Å². The number of amides is 1. The van der Waals surface area contributed by atoms with E-state index in [1.54, 1.807) is 11.3 Å². The summed E-state index contributed by atoms with van der Waals surface area (Å²) in [5.41, 5.74) is 4.89. The quantitative estimate of drug-likeness (QED) is 0.619. The van der Waals surface area contributed by atoms with Crippen LogP contribution in [0.4, 0.5) is 0 Å². The molecule has 1 aromatic heterocycles. The lowest BCUT2D eigenvalue weighted by Gasteiger charge is -1.78. The van der Waals surface area contributed by atoms with E-state index in [9.17, 15) is 4.79 Å². The van der Waals surface area contributed by atoms with Gasteiger partial charge in [0.15, 0.2) is 0 Å². The zero-order valence-corrected chi connectivity index (χ0v) is 6.65. The van der Waals surface area contributed by atoms with Crippen molar-refractivity contribution in [2.45, 2.75) is 6.42 Å². The van der Waals surface area contributed by atoms with Crippen LogP contribution in [0, 0.1) is 11.8 Å². The Labute approximate surface area is 69.0 Å². The molecule has 1 amide bonds. The molecule has 0 aliphatic heterocycles. The van der Waals surface area contributed by atoms with Crippen molar-refractivity contribution >= 4 is 17.2 Å². The minimum atomic E-state index is -0.381. The van der Waals surface area contributed by atoms with Crippen LogP contribution >= 0.6 is 11.3 Å². The van der Waals surface area contributed by atoms with E-state index < -0.39 is 0 Å². The van der Waals surface area contributed by atoms with Crippen molar-refractivity contribution in [1.29, 1.82) is 0 Å². The predicted molar refractivity (Wildman–Crippen MR) is 45.0 cm³/mol. The van der Waals surface area contributed by atoms with Crippen molar-refractivity contribution < 1.29 is 4.79 Å². The molecule has 0 atom stereocenters. The van der Waals surface area contributed by atoms with Crippen molar-refractivity contribution in [3.63, 3.8) is 0 Å². The van der Waals surface area contributed by atoms with E-state index in [0.29, 0.717) is 0 Å². The number of primary amides is 1. The zero-order chi connectivity index (χ0) is 8.10. The molecule has 1 rings (SSSR count). The maximum atomic E-state index is 10.3.